The summed E-state index contributed by atoms with van der Waals surface area (Å²) in [5.41, 5.74) is 4.93. The Hall–Kier alpha value is -2.93. The fraction of sp³-hybridized carbons (Fsp3) is 0.519. The van der Waals surface area contributed by atoms with Crippen molar-refractivity contribution >= 4 is 22.2 Å². The molecule has 0 saturated carbocycles. The van der Waals surface area contributed by atoms with E-state index in [1.54, 1.807) is 0 Å². The highest BCUT2D eigenvalue weighted by atomic mass is 16.3. The van der Waals surface area contributed by atoms with Gasteiger partial charge < -0.3 is 15.0 Å². The molecule has 0 bridgehead atoms. The van der Waals surface area contributed by atoms with Gasteiger partial charge in [-0.05, 0) is 61.6 Å². The van der Waals surface area contributed by atoms with Crippen LogP contribution in [0.1, 0.15) is 73.9 Å². The minimum absolute atomic E-state index is 0.0800. The number of carbonyl (C=O) groups is 1. The Balaban J connectivity index is 1.74. The fourth-order valence-electron chi connectivity index (χ4n) is 5.66. The van der Waals surface area contributed by atoms with Gasteiger partial charge in [0.2, 0.25) is 0 Å². The van der Waals surface area contributed by atoms with Gasteiger partial charge in [-0.2, -0.15) is 5.10 Å². The topological polar surface area (TPSA) is 91.2 Å². The molecule has 3 aromatic rings. The van der Waals surface area contributed by atoms with E-state index < -0.39 is 0 Å². The number of aliphatic hydroxyl groups is 1. The Bertz CT molecular complexity index is 1330. The van der Waals surface area contributed by atoms with Crippen LogP contribution in [-0.4, -0.2) is 44.8 Å². The number of H-pyrrole nitrogens is 1. The molecule has 0 unspecified atom stereocenters. The van der Waals surface area contributed by atoms with E-state index in [4.69, 9.17) is 5.10 Å². The molecule has 3 heterocycles. The van der Waals surface area contributed by atoms with Gasteiger partial charge in [0.25, 0.3) is 5.56 Å². The quantitative estimate of drug-likeness (QED) is 0.609. The second-order valence-corrected chi connectivity index (χ2v) is 10.8. The van der Waals surface area contributed by atoms with Crippen molar-refractivity contribution in [3.05, 3.63) is 51.2 Å². The van der Waals surface area contributed by atoms with Crippen molar-refractivity contribution < 1.29 is 9.90 Å². The highest BCUT2D eigenvalue weighted by Crippen LogP contribution is 2.38. The van der Waals surface area contributed by atoms with Gasteiger partial charge in [-0.1, -0.05) is 27.2 Å². The molecule has 1 aliphatic carbocycles. The maximum Gasteiger partial charge on any atom is 0.258 e. The van der Waals surface area contributed by atoms with Crippen molar-refractivity contribution in [2.24, 2.45) is 5.41 Å². The van der Waals surface area contributed by atoms with Gasteiger partial charge in [-0.3, -0.25) is 9.59 Å². The second-order valence-electron chi connectivity index (χ2n) is 10.8. The minimum atomic E-state index is -0.297. The Morgan fingerprint density at radius 1 is 1.15 bits per heavy atom. The van der Waals surface area contributed by atoms with Crippen LogP contribution in [0.4, 0.5) is 5.69 Å². The van der Waals surface area contributed by atoms with Crippen LogP contribution in [0.2, 0.25) is 0 Å². The Kier molecular flexibility index (Phi) is 5.63. The SMILES string of the molecule is CCCc1cc2cc(-n3nc(C)c4c3CC(C)(C)CC4=O)cc(N3CCC(O)CC3)c2c(=O)[nH]1. The third-order valence-electron chi connectivity index (χ3n) is 7.25. The van der Waals surface area contributed by atoms with Crippen LogP contribution in [-0.2, 0) is 12.8 Å². The summed E-state index contributed by atoms with van der Waals surface area (Å²) in [5.74, 6) is 0.155. The largest absolute Gasteiger partial charge is 0.393 e. The lowest BCUT2D eigenvalue weighted by Crippen LogP contribution is -2.36. The molecular formula is C27H34N4O3. The number of aryl methyl sites for hydroxylation is 2. The molecule has 34 heavy (non-hydrogen) atoms. The molecule has 2 aliphatic rings. The van der Waals surface area contributed by atoms with Crippen molar-refractivity contribution in [3.63, 3.8) is 0 Å². The summed E-state index contributed by atoms with van der Waals surface area (Å²) in [5, 5.41) is 16.4. The molecular weight excluding hydrogens is 428 g/mol. The highest BCUT2D eigenvalue weighted by Gasteiger charge is 2.36. The first-order valence-corrected chi connectivity index (χ1v) is 12.4. The van der Waals surface area contributed by atoms with E-state index in [0.29, 0.717) is 37.7 Å². The van der Waals surface area contributed by atoms with Crippen molar-refractivity contribution in [2.45, 2.75) is 72.3 Å². The summed E-state index contributed by atoms with van der Waals surface area (Å²) in [6, 6.07) is 6.14. The molecule has 7 nitrogen and oxygen atoms in total. The van der Waals surface area contributed by atoms with Crippen LogP contribution in [0.3, 0.4) is 0 Å². The number of anilines is 1. The summed E-state index contributed by atoms with van der Waals surface area (Å²) >= 11 is 0. The third kappa shape index (κ3) is 3.96. The summed E-state index contributed by atoms with van der Waals surface area (Å²) in [6.07, 6.45) is 4.11. The number of fused-ring (bicyclic) bond motifs is 2. The Morgan fingerprint density at radius 2 is 1.88 bits per heavy atom. The first kappa shape index (κ1) is 22.8. The molecule has 2 aromatic heterocycles. The molecule has 0 atom stereocenters. The van der Waals surface area contributed by atoms with Gasteiger partial charge >= 0.3 is 0 Å². The summed E-state index contributed by atoms with van der Waals surface area (Å²) in [4.78, 5) is 31.4. The maximum atomic E-state index is 13.2. The molecule has 0 spiro atoms. The summed E-state index contributed by atoms with van der Waals surface area (Å²) in [7, 11) is 0. The average molecular weight is 463 g/mol. The van der Waals surface area contributed by atoms with Crippen LogP contribution >= 0.6 is 0 Å². The van der Waals surface area contributed by atoms with Gasteiger partial charge in [0, 0.05) is 25.2 Å². The number of hydrogen-bond donors (Lipinski definition) is 2. The fourth-order valence-corrected chi connectivity index (χ4v) is 5.66. The molecule has 5 rings (SSSR count). The molecule has 0 amide bonds. The van der Waals surface area contributed by atoms with E-state index in [9.17, 15) is 14.7 Å². The van der Waals surface area contributed by atoms with Gasteiger partial charge in [-0.25, -0.2) is 4.68 Å². The lowest BCUT2D eigenvalue weighted by Gasteiger charge is -2.33. The van der Waals surface area contributed by atoms with Crippen molar-refractivity contribution in [3.8, 4) is 5.69 Å². The van der Waals surface area contributed by atoms with E-state index in [-0.39, 0.29) is 22.9 Å². The van der Waals surface area contributed by atoms with Crippen LogP contribution in [0, 0.1) is 12.3 Å². The number of aromatic amines is 1. The van der Waals surface area contributed by atoms with E-state index >= 15 is 0 Å². The van der Waals surface area contributed by atoms with Crippen LogP contribution in [0.5, 0.6) is 0 Å². The number of aromatic nitrogens is 3. The standard InChI is InChI=1S/C27H34N4O3/c1-5-6-18-11-17-12-19(31-22-14-27(3,4)15-23(33)24(22)16(2)29-31)13-21(25(17)26(34)28-18)30-9-7-20(32)8-10-30/h11-13,20,32H,5-10,14-15H2,1-4H3,(H,28,34). The van der Waals surface area contributed by atoms with E-state index in [0.717, 1.165) is 58.7 Å². The van der Waals surface area contributed by atoms with Gasteiger partial charge in [0.1, 0.15) is 0 Å². The molecule has 7 heteroatoms. The number of rotatable bonds is 4. The molecule has 2 N–H and O–H groups in total. The van der Waals surface area contributed by atoms with Crippen molar-refractivity contribution in [2.75, 3.05) is 18.0 Å². The highest BCUT2D eigenvalue weighted by molar-refractivity contribution is 6.00. The van der Waals surface area contributed by atoms with Gasteiger partial charge in [0.05, 0.1) is 39.8 Å². The van der Waals surface area contributed by atoms with Crippen LogP contribution in [0.15, 0.2) is 23.0 Å². The number of nitrogens with one attached hydrogen (secondary N) is 1. The zero-order valence-electron chi connectivity index (χ0n) is 20.6. The molecule has 1 aliphatic heterocycles. The molecule has 1 fully saturated rings. The number of nitrogens with zero attached hydrogens (tertiary/aromatic N) is 3. The number of pyridine rings is 1. The Labute approximate surface area is 199 Å². The van der Waals surface area contributed by atoms with E-state index in [2.05, 4.69) is 36.7 Å². The normalized spacial score (nSPS) is 18.5. The van der Waals surface area contributed by atoms with Crippen molar-refractivity contribution in [1.82, 2.24) is 14.8 Å². The Morgan fingerprint density at radius 3 is 2.59 bits per heavy atom. The summed E-state index contributed by atoms with van der Waals surface area (Å²) in [6.45, 7) is 9.64. The minimum Gasteiger partial charge on any atom is -0.393 e. The van der Waals surface area contributed by atoms with Crippen LogP contribution < -0.4 is 10.5 Å². The number of carbonyl (C=O) groups excluding carboxylic acids is 1. The number of hydrogen-bond acceptors (Lipinski definition) is 5. The average Bonchev–Trinajstić information content (AvgIpc) is 3.09. The molecule has 1 saturated heterocycles. The number of piperidine rings is 1. The first-order chi connectivity index (χ1) is 16.2. The zero-order chi connectivity index (χ0) is 24.2. The third-order valence-corrected chi connectivity index (χ3v) is 7.25. The van der Waals surface area contributed by atoms with Crippen LogP contribution in [0.25, 0.3) is 16.5 Å². The van der Waals surface area contributed by atoms with E-state index in [1.807, 2.05) is 23.7 Å². The monoisotopic (exact) mass is 462 g/mol. The number of benzene rings is 1. The number of ketones is 1. The maximum absolute atomic E-state index is 13.2. The first-order valence-electron chi connectivity index (χ1n) is 12.4. The zero-order valence-corrected chi connectivity index (χ0v) is 20.6. The molecule has 1 aromatic carbocycles. The molecule has 180 valence electrons. The van der Waals surface area contributed by atoms with Gasteiger partial charge in [-0.15, -0.1) is 0 Å². The lowest BCUT2D eigenvalue weighted by atomic mass is 9.75. The predicted octanol–water partition coefficient (Wildman–Crippen LogP) is 4.09. The summed E-state index contributed by atoms with van der Waals surface area (Å²) < 4.78 is 1.92. The van der Waals surface area contributed by atoms with Gasteiger partial charge in [0.15, 0.2) is 5.78 Å². The number of Topliss-reactive ketones (excluding diaryl/α,β-unsaturated/α-hetero) is 1. The number of aliphatic hydroxyl groups excluding tert-OH is 1. The van der Waals surface area contributed by atoms with E-state index in [1.165, 1.54) is 0 Å². The van der Waals surface area contributed by atoms with Crippen molar-refractivity contribution in [1.29, 1.82) is 0 Å². The predicted molar refractivity (Wildman–Crippen MR) is 134 cm³/mol. The lowest BCUT2D eigenvalue weighted by molar-refractivity contribution is 0.0910. The molecule has 0 radical (unpaired) electrons. The smallest absolute Gasteiger partial charge is 0.258 e. The second kappa shape index (κ2) is 8.38.